The van der Waals surface area contributed by atoms with Crippen LogP contribution >= 0.6 is 11.8 Å². The molecule has 2 N–H and O–H groups in total. The number of hydrogen-bond donors (Lipinski definition) is 2. The largest absolute Gasteiger partial charge is 0.360 e. The topological polar surface area (TPSA) is 75.6 Å². The normalized spacial score (nSPS) is 13.7. The average Bonchev–Trinajstić information content (AvgIpc) is 3.24. The van der Waals surface area contributed by atoms with Gasteiger partial charge in [0.25, 0.3) is 0 Å². The second kappa shape index (κ2) is 6.65. The van der Waals surface area contributed by atoms with E-state index in [4.69, 9.17) is 6.42 Å². The Morgan fingerprint density at radius 3 is 3.04 bits per heavy atom. The number of thioether (sulfide) groups is 1. The van der Waals surface area contributed by atoms with E-state index >= 15 is 0 Å². The molecule has 126 valence electrons. The number of benzene rings is 1. The molecule has 0 aliphatic heterocycles. The number of rotatable bonds is 6. The number of aromatic nitrogens is 4. The first-order valence-corrected chi connectivity index (χ1v) is 9.11. The standard InChI is InChI=1S/C18H17N5OS/c1-2-9-19-16(24)11-25-18-22-21-17(23(18)12-7-8-12)14-10-20-15-6-4-3-5-13(14)15/h1,3-6,10,12,20H,7-9,11H2,(H,19,24). The van der Waals surface area contributed by atoms with Gasteiger partial charge in [-0.2, -0.15) is 0 Å². The molecule has 1 aliphatic rings. The van der Waals surface area contributed by atoms with Crippen molar-refractivity contribution in [1.29, 1.82) is 0 Å². The van der Waals surface area contributed by atoms with Gasteiger partial charge in [-0.25, -0.2) is 0 Å². The van der Waals surface area contributed by atoms with Crippen molar-refractivity contribution in [3.8, 4) is 23.7 Å². The third-order valence-corrected chi connectivity index (χ3v) is 5.07. The number of terminal acetylenes is 1. The number of hydrogen-bond acceptors (Lipinski definition) is 4. The van der Waals surface area contributed by atoms with Crippen LogP contribution in [0.2, 0.25) is 0 Å². The molecule has 2 aromatic heterocycles. The van der Waals surface area contributed by atoms with Crippen LogP contribution < -0.4 is 5.32 Å². The Balaban J connectivity index is 1.63. The zero-order valence-electron chi connectivity index (χ0n) is 13.5. The van der Waals surface area contributed by atoms with Gasteiger partial charge < -0.3 is 10.3 Å². The van der Waals surface area contributed by atoms with E-state index in [-0.39, 0.29) is 18.2 Å². The third-order valence-electron chi connectivity index (χ3n) is 4.13. The Bertz CT molecular complexity index is 963. The summed E-state index contributed by atoms with van der Waals surface area (Å²) in [5.41, 5.74) is 2.12. The highest BCUT2D eigenvalue weighted by molar-refractivity contribution is 7.99. The molecular formula is C18H17N5OS. The summed E-state index contributed by atoms with van der Waals surface area (Å²) in [5.74, 6) is 3.43. The second-order valence-electron chi connectivity index (χ2n) is 5.92. The molecule has 0 unspecified atom stereocenters. The van der Waals surface area contributed by atoms with Gasteiger partial charge in [0.15, 0.2) is 11.0 Å². The molecule has 1 aromatic carbocycles. The molecule has 0 atom stereocenters. The highest BCUT2D eigenvalue weighted by Gasteiger charge is 2.31. The van der Waals surface area contributed by atoms with E-state index in [2.05, 4.69) is 37.1 Å². The van der Waals surface area contributed by atoms with E-state index in [1.165, 1.54) is 11.8 Å². The lowest BCUT2D eigenvalue weighted by Gasteiger charge is -2.08. The highest BCUT2D eigenvalue weighted by Crippen LogP contribution is 2.42. The van der Waals surface area contributed by atoms with Crippen LogP contribution in [0.3, 0.4) is 0 Å². The van der Waals surface area contributed by atoms with Crippen LogP contribution in [0.1, 0.15) is 18.9 Å². The smallest absolute Gasteiger partial charge is 0.231 e. The van der Waals surface area contributed by atoms with Gasteiger partial charge in [0, 0.05) is 28.7 Å². The Hall–Kier alpha value is -2.72. The van der Waals surface area contributed by atoms with Crippen LogP contribution in [0.5, 0.6) is 0 Å². The molecule has 1 saturated carbocycles. The minimum atomic E-state index is -0.0954. The first-order valence-electron chi connectivity index (χ1n) is 8.12. The number of aromatic amines is 1. The number of nitrogens with one attached hydrogen (secondary N) is 2. The lowest BCUT2D eigenvalue weighted by Crippen LogP contribution is -2.25. The molecular weight excluding hydrogens is 334 g/mol. The molecule has 7 heteroatoms. The molecule has 3 aromatic rings. The molecule has 0 saturated heterocycles. The van der Waals surface area contributed by atoms with Crippen molar-refractivity contribution >= 4 is 28.6 Å². The summed E-state index contributed by atoms with van der Waals surface area (Å²) >= 11 is 1.40. The molecule has 6 nitrogen and oxygen atoms in total. The summed E-state index contributed by atoms with van der Waals surface area (Å²) in [4.78, 5) is 15.1. The van der Waals surface area contributed by atoms with Crippen molar-refractivity contribution in [2.24, 2.45) is 0 Å². The molecule has 25 heavy (non-hydrogen) atoms. The van der Waals surface area contributed by atoms with E-state index in [0.717, 1.165) is 40.3 Å². The zero-order valence-corrected chi connectivity index (χ0v) is 14.3. The fourth-order valence-corrected chi connectivity index (χ4v) is 3.64. The van der Waals surface area contributed by atoms with Gasteiger partial charge in [0.2, 0.25) is 5.91 Å². The Kier molecular flexibility index (Phi) is 4.20. The van der Waals surface area contributed by atoms with Crippen molar-refractivity contribution in [3.63, 3.8) is 0 Å². The number of fused-ring (bicyclic) bond motifs is 1. The van der Waals surface area contributed by atoms with E-state index < -0.39 is 0 Å². The first-order chi connectivity index (χ1) is 12.3. The Morgan fingerprint density at radius 2 is 2.24 bits per heavy atom. The van der Waals surface area contributed by atoms with Gasteiger partial charge >= 0.3 is 0 Å². The molecule has 1 amide bonds. The zero-order chi connectivity index (χ0) is 17.2. The van der Waals surface area contributed by atoms with E-state index in [9.17, 15) is 4.79 Å². The minimum absolute atomic E-state index is 0.0954. The number of H-pyrrole nitrogens is 1. The fraction of sp³-hybridized carbons (Fsp3) is 0.278. The van der Waals surface area contributed by atoms with Crippen LogP contribution in [0.25, 0.3) is 22.3 Å². The van der Waals surface area contributed by atoms with Crippen LogP contribution in [-0.2, 0) is 4.79 Å². The van der Waals surface area contributed by atoms with Crippen molar-refractivity contribution in [3.05, 3.63) is 30.5 Å². The monoisotopic (exact) mass is 351 g/mol. The average molecular weight is 351 g/mol. The minimum Gasteiger partial charge on any atom is -0.360 e. The predicted octanol–water partition coefficient (Wildman–Crippen LogP) is 2.60. The quantitative estimate of drug-likeness (QED) is 0.529. The maximum absolute atomic E-state index is 11.8. The van der Waals surface area contributed by atoms with Crippen LogP contribution in [0.4, 0.5) is 0 Å². The molecule has 0 bridgehead atoms. The predicted molar refractivity (Wildman–Crippen MR) is 98.2 cm³/mol. The van der Waals surface area contributed by atoms with E-state index in [0.29, 0.717) is 6.04 Å². The lowest BCUT2D eigenvalue weighted by molar-refractivity contribution is -0.118. The Labute approximate surface area is 149 Å². The molecule has 1 aliphatic carbocycles. The van der Waals surface area contributed by atoms with Gasteiger partial charge in [-0.3, -0.25) is 9.36 Å². The maximum Gasteiger partial charge on any atom is 0.231 e. The fourth-order valence-electron chi connectivity index (χ4n) is 2.81. The van der Waals surface area contributed by atoms with Gasteiger partial charge in [-0.05, 0) is 18.9 Å². The van der Waals surface area contributed by atoms with Gasteiger partial charge in [-0.15, -0.1) is 16.6 Å². The first kappa shape index (κ1) is 15.8. The van der Waals surface area contributed by atoms with Crippen molar-refractivity contribution in [2.75, 3.05) is 12.3 Å². The van der Waals surface area contributed by atoms with E-state index in [1.54, 1.807) is 0 Å². The third kappa shape index (κ3) is 3.13. The number of para-hydroxylation sites is 1. The number of amides is 1. The molecule has 0 radical (unpaired) electrons. The number of carbonyl (C=O) groups excluding carboxylic acids is 1. The van der Waals surface area contributed by atoms with Crippen molar-refractivity contribution in [1.82, 2.24) is 25.1 Å². The lowest BCUT2D eigenvalue weighted by atomic mass is 10.1. The molecule has 4 rings (SSSR count). The maximum atomic E-state index is 11.8. The molecule has 0 spiro atoms. The van der Waals surface area contributed by atoms with Gasteiger partial charge in [-0.1, -0.05) is 35.9 Å². The summed E-state index contributed by atoms with van der Waals surface area (Å²) in [6, 6.07) is 8.55. The summed E-state index contributed by atoms with van der Waals surface area (Å²) < 4.78 is 2.16. The van der Waals surface area contributed by atoms with Crippen LogP contribution in [0.15, 0.2) is 35.6 Å². The van der Waals surface area contributed by atoms with Crippen molar-refractivity contribution in [2.45, 2.75) is 24.0 Å². The second-order valence-corrected chi connectivity index (χ2v) is 6.87. The van der Waals surface area contributed by atoms with Gasteiger partial charge in [0.1, 0.15) is 0 Å². The highest BCUT2D eigenvalue weighted by atomic mass is 32.2. The molecule has 2 heterocycles. The van der Waals surface area contributed by atoms with E-state index in [1.807, 2.05) is 24.4 Å². The molecule has 1 fully saturated rings. The summed E-state index contributed by atoms with van der Waals surface area (Å²) in [7, 11) is 0. The number of carbonyl (C=O) groups is 1. The summed E-state index contributed by atoms with van der Waals surface area (Å²) in [6.07, 6.45) is 9.36. The number of nitrogens with zero attached hydrogens (tertiary/aromatic N) is 3. The van der Waals surface area contributed by atoms with Gasteiger partial charge in [0.05, 0.1) is 12.3 Å². The van der Waals surface area contributed by atoms with Crippen LogP contribution in [0, 0.1) is 12.3 Å². The Morgan fingerprint density at radius 1 is 1.40 bits per heavy atom. The van der Waals surface area contributed by atoms with Crippen LogP contribution in [-0.4, -0.2) is 38.0 Å². The summed E-state index contributed by atoms with van der Waals surface area (Å²) in [5, 5.41) is 13.3. The summed E-state index contributed by atoms with van der Waals surface area (Å²) in [6.45, 7) is 0.245. The van der Waals surface area contributed by atoms with Crippen molar-refractivity contribution < 1.29 is 4.79 Å². The SMILES string of the molecule is C#CCNC(=O)CSc1nnc(-c2c[nH]c3ccccc23)n1C1CC1.